The molecule has 16 heavy (non-hydrogen) atoms. The SMILES string of the molecule is O=C(O)C(=CO)C12CC3CC(CC(C3)C1)C2. The molecule has 4 aliphatic carbocycles. The zero-order valence-corrected chi connectivity index (χ0v) is 9.35. The highest BCUT2D eigenvalue weighted by Gasteiger charge is 2.54. The fourth-order valence-electron chi connectivity index (χ4n) is 4.86. The molecule has 4 aliphatic rings. The Labute approximate surface area is 95.2 Å². The zero-order valence-electron chi connectivity index (χ0n) is 9.35. The van der Waals surface area contributed by atoms with Crippen molar-refractivity contribution in [3.8, 4) is 0 Å². The maximum Gasteiger partial charge on any atom is 0.335 e. The lowest BCUT2D eigenvalue weighted by molar-refractivity contribution is -0.136. The van der Waals surface area contributed by atoms with Crippen molar-refractivity contribution in [1.29, 1.82) is 0 Å². The first-order valence-corrected chi connectivity index (χ1v) is 6.21. The Bertz CT molecular complexity index is 321. The Morgan fingerprint density at radius 1 is 1.06 bits per heavy atom. The molecule has 4 bridgehead atoms. The van der Waals surface area contributed by atoms with Gasteiger partial charge in [0.2, 0.25) is 0 Å². The summed E-state index contributed by atoms with van der Waals surface area (Å²) in [5.74, 6) is 1.20. The number of aliphatic hydroxyl groups excluding tert-OH is 1. The zero-order chi connectivity index (χ0) is 11.3. The van der Waals surface area contributed by atoms with Gasteiger partial charge in [-0.05, 0) is 56.3 Å². The average molecular weight is 222 g/mol. The van der Waals surface area contributed by atoms with Crippen LogP contribution in [-0.2, 0) is 4.79 Å². The molecule has 0 aromatic carbocycles. The van der Waals surface area contributed by atoms with Gasteiger partial charge < -0.3 is 10.2 Å². The molecule has 0 aliphatic heterocycles. The van der Waals surface area contributed by atoms with E-state index in [0.29, 0.717) is 17.8 Å². The summed E-state index contributed by atoms with van der Waals surface area (Å²) in [5.41, 5.74) is 0.0709. The summed E-state index contributed by atoms with van der Waals surface area (Å²) in [4.78, 5) is 11.2. The second kappa shape index (κ2) is 3.25. The largest absolute Gasteiger partial charge is 0.515 e. The van der Waals surface area contributed by atoms with E-state index in [0.717, 1.165) is 25.5 Å². The maximum atomic E-state index is 11.2. The monoisotopic (exact) mass is 222 g/mol. The molecule has 4 fully saturated rings. The maximum absolute atomic E-state index is 11.2. The second-order valence-corrected chi connectivity index (χ2v) is 6.05. The Morgan fingerprint density at radius 3 is 1.81 bits per heavy atom. The molecule has 0 unspecified atom stereocenters. The van der Waals surface area contributed by atoms with Crippen LogP contribution in [-0.4, -0.2) is 16.2 Å². The fraction of sp³-hybridized carbons (Fsp3) is 0.769. The lowest BCUT2D eigenvalue weighted by Gasteiger charge is -2.56. The minimum atomic E-state index is -0.926. The molecule has 4 saturated carbocycles. The number of rotatable bonds is 2. The van der Waals surface area contributed by atoms with Gasteiger partial charge in [0.1, 0.15) is 0 Å². The predicted octanol–water partition coefficient (Wildman–Crippen LogP) is 2.73. The van der Waals surface area contributed by atoms with Crippen LogP contribution in [0, 0.1) is 23.2 Å². The van der Waals surface area contributed by atoms with Crippen molar-refractivity contribution >= 4 is 5.97 Å². The molecule has 4 rings (SSSR count). The van der Waals surface area contributed by atoms with Crippen LogP contribution in [0.25, 0.3) is 0 Å². The van der Waals surface area contributed by atoms with Crippen molar-refractivity contribution in [3.63, 3.8) is 0 Å². The summed E-state index contributed by atoms with van der Waals surface area (Å²) in [7, 11) is 0. The van der Waals surface area contributed by atoms with Gasteiger partial charge in [-0.3, -0.25) is 0 Å². The van der Waals surface area contributed by atoms with E-state index in [1.165, 1.54) is 19.3 Å². The molecule has 0 radical (unpaired) electrons. The third-order valence-electron chi connectivity index (χ3n) is 4.97. The molecule has 2 N–H and O–H groups in total. The van der Waals surface area contributed by atoms with Gasteiger partial charge in [0.25, 0.3) is 0 Å². The summed E-state index contributed by atoms with van der Waals surface area (Å²) in [6, 6.07) is 0. The van der Waals surface area contributed by atoms with Crippen LogP contribution < -0.4 is 0 Å². The van der Waals surface area contributed by atoms with E-state index in [4.69, 9.17) is 0 Å². The Balaban J connectivity index is 1.96. The van der Waals surface area contributed by atoms with E-state index in [9.17, 15) is 15.0 Å². The molecule has 3 nitrogen and oxygen atoms in total. The molecule has 3 heteroatoms. The normalized spacial score (nSPS) is 46.0. The smallest absolute Gasteiger partial charge is 0.335 e. The van der Waals surface area contributed by atoms with Crippen LogP contribution in [0.3, 0.4) is 0 Å². The van der Waals surface area contributed by atoms with Gasteiger partial charge in [-0.2, -0.15) is 0 Å². The molecule has 0 amide bonds. The fourth-order valence-corrected chi connectivity index (χ4v) is 4.86. The van der Waals surface area contributed by atoms with E-state index < -0.39 is 5.97 Å². The van der Waals surface area contributed by atoms with Gasteiger partial charge in [0.15, 0.2) is 0 Å². The Kier molecular flexibility index (Phi) is 2.07. The van der Waals surface area contributed by atoms with E-state index in [2.05, 4.69) is 0 Å². The first-order chi connectivity index (χ1) is 7.63. The highest BCUT2D eigenvalue weighted by molar-refractivity contribution is 5.88. The third kappa shape index (κ3) is 1.30. The number of carbonyl (C=O) groups is 1. The van der Waals surface area contributed by atoms with Crippen molar-refractivity contribution in [2.75, 3.05) is 0 Å². The van der Waals surface area contributed by atoms with E-state index in [1.807, 2.05) is 0 Å². The summed E-state index contributed by atoms with van der Waals surface area (Å²) in [5, 5.41) is 18.4. The van der Waals surface area contributed by atoms with Crippen LogP contribution in [0.15, 0.2) is 11.8 Å². The summed E-state index contributed by atoms with van der Waals surface area (Å²) in [6.45, 7) is 0. The molecule has 0 atom stereocenters. The molecule has 0 spiro atoms. The molecule has 0 aromatic rings. The Morgan fingerprint density at radius 2 is 1.50 bits per heavy atom. The van der Waals surface area contributed by atoms with Gasteiger partial charge >= 0.3 is 5.97 Å². The lowest BCUT2D eigenvalue weighted by atomic mass is 9.48. The quantitative estimate of drug-likeness (QED) is 0.558. The van der Waals surface area contributed by atoms with Crippen LogP contribution in [0.1, 0.15) is 38.5 Å². The van der Waals surface area contributed by atoms with Gasteiger partial charge in [-0.1, -0.05) is 0 Å². The first kappa shape index (κ1) is 10.2. The minimum absolute atomic E-state index is 0.199. The number of hydrogen-bond acceptors (Lipinski definition) is 2. The van der Waals surface area contributed by atoms with Crippen LogP contribution in [0.2, 0.25) is 0 Å². The highest BCUT2D eigenvalue weighted by atomic mass is 16.4. The van der Waals surface area contributed by atoms with Crippen molar-refractivity contribution in [3.05, 3.63) is 11.8 Å². The van der Waals surface area contributed by atoms with Crippen molar-refractivity contribution in [2.45, 2.75) is 38.5 Å². The summed E-state index contributed by atoms with van der Waals surface area (Å²) in [6.07, 6.45) is 7.68. The molecule has 0 aromatic heterocycles. The number of carboxylic acids is 1. The molecular formula is C13H18O3. The molecular weight excluding hydrogens is 204 g/mol. The van der Waals surface area contributed by atoms with Gasteiger partial charge in [-0.15, -0.1) is 0 Å². The van der Waals surface area contributed by atoms with E-state index in [-0.39, 0.29) is 11.0 Å². The number of carboxylic acid groups (broad SMARTS) is 1. The highest BCUT2D eigenvalue weighted by Crippen LogP contribution is 2.62. The number of aliphatic hydroxyl groups is 1. The average Bonchev–Trinajstić information content (AvgIpc) is 2.14. The predicted molar refractivity (Wildman–Crippen MR) is 59.0 cm³/mol. The molecule has 0 saturated heterocycles. The van der Waals surface area contributed by atoms with Crippen LogP contribution in [0.4, 0.5) is 0 Å². The van der Waals surface area contributed by atoms with Crippen LogP contribution in [0.5, 0.6) is 0 Å². The lowest BCUT2D eigenvalue weighted by Crippen LogP contribution is -2.48. The number of hydrogen-bond donors (Lipinski definition) is 2. The van der Waals surface area contributed by atoms with Gasteiger partial charge in [0.05, 0.1) is 11.8 Å². The van der Waals surface area contributed by atoms with Crippen molar-refractivity contribution < 1.29 is 15.0 Å². The minimum Gasteiger partial charge on any atom is -0.515 e. The molecule has 0 heterocycles. The summed E-state index contributed by atoms with van der Waals surface area (Å²) < 4.78 is 0. The Hall–Kier alpha value is -0.990. The van der Waals surface area contributed by atoms with Crippen molar-refractivity contribution in [2.24, 2.45) is 23.2 Å². The van der Waals surface area contributed by atoms with Crippen LogP contribution >= 0.6 is 0 Å². The van der Waals surface area contributed by atoms with Crippen molar-refractivity contribution in [1.82, 2.24) is 0 Å². The van der Waals surface area contributed by atoms with Gasteiger partial charge in [-0.25, -0.2) is 4.79 Å². The second-order valence-electron chi connectivity index (χ2n) is 6.05. The standard InChI is InChI=1S/C13H18O3/c14-7-11(12(15)16)13-4-8-1-9(5-13)3-10(2-8)6-13/h7-10,14H,1-6H2,(H,15,16). The van der Waals surface area contributed by atoms with Gasteiger partial charge in [0, 0.05) is 5.41 Å². The third-order valence-corrected chi connectivity index (χ3v) is 4.97. The summed E-state index contributed by atoms with van der Waals surface area (Å²) >= 11 is 0. The molecule has 88 valence electrons. The number of aliphatic carboxylic acids is 1. The topological polar surface area (TPSA) is 57.5 Å². The first-order valence-electron chi connectivity index (χ1n) is 6.21. The van der Waals surface area contributed by atoms with E-state index >= 15 is 0 Å². The van der Waals surface area contributed by atoms with E-state index in [1.54, 1.807) is 0 Å².